The number of nitrogens with one attached hydrogen (secondary N) is 1. The van der Waals surface area contributed by atoms with Crippen molar-refractivity contribution in [1.29, 1.82) is 0 Å². The zero-order chi connectivity index (χ0) is 20.2. The number of piperazine rings is 1. The maximum absolute atomic E-state index is 12.9. The van der Waals surface area contributed by atoms with Crippen LogP contribution in [0.1, 0.15) is 0 Å². The first-order chi connectivity index (χ1) is 14.1. The van der Waals surface area contributed by atoms with Crippen LogP contribution in [0.4, 0.5) is 21.9 Å². The summed E-state index contributed by atoms with van der Waals surface area (Å²) in [6, 6.07) is 13.3. The van der Waals surface area contributed by atoms with Gasteiger partial charge in [-0.2, -0.15) is 0 Å². The third-order valence-electron chi connectivity index (χ3n) is 5.29. The maximum Gasteiger partial charge on any atom is 0.322 e. The molecule has 29 heavy (non-hydrogen) atoms. The Hall–Kier alpha value is -2.15. The molecule has 8 heteroatoms. The van der Waals surface area contributed by atoms with Crippen molar-refractivity contribution in [3.8, 4) is 0 Å². The average molecular weight is 435 g/mol. The summed E-state index contributed by atoms with van der Waals surface area (Å²) in [7, 11) is 0. The van der Waals surface area contributed by atoms with Gasteiger partial charge < -0.3 is 24.8 Å². The molecule has 0 atom stereocenters. The smallest absolute Gasteiger partial charge is 0.322 e. The minimum atomic E-state index is -0.104. The fourth-order valence-corrected chi connectivity index (χ4v) is 4.08. The van der Waals surface area contributed by atoms with Crippen molar-refractivity contribution in [1.82, 2.24) is 4.90 Å². The highest BCUT2D eigenvalue weighted by Gasteiger charge is 2.23. The Labute approximate surface area is 180 Å². The molecule has 1 N–H and O–H groups in total. The molecule has 0 aromatic heterocycles. The van der Waals surface area contributed by atoms with Gasteiger partial charge in [0.05, 0.1) is 24.6 Å². The number of rotatable bonds is 3. The molecule has 2 aliphatic rings. The van der Waals surface area contributed by atoms with Gasteiger partial charge in [-0.25, -0.2) is 4.79 Å². The van der Waals surface area contributed by atoms with Crippen LogP contribution in [0.2, 0.25) is 10.0 Å². The predicted octanol–water partition coefficient (Wildman–Crippen LogP) is 4.18. The first-order valence-electron chi connectivity index (χ1n) is 9.79. The molecular formula is C21H24Cl2N4O2. The number of nitrogens with zero attached hydrogens (tertiary/aromatic N) is 3. The summed E-state index contributed by atoms with van der Waals surface area (Å²) < 4.78 is 5.44. The van der Waals surface area contributed by atoms with Crippen molar-refractivity contribution in [2.45, 2.75) is 0 Å². The Balaban J connectivity index is 1.40. The highest BCUT2D eigenvalue weighted by molar-refractivity contribution is 6.31. The van der Waals surface area contributed by atoms with E-state index in [-0.39, 0.29) is 6.03 Å². The molecule has 2 aromatic rings. The van der Waals surface area contributed by atoms with Crippen LogP contribution < -0.4 is 15.1 Å². The van der Waals surface area contributed by atoms with E-state index in [4.69, 9.17) is 27.9 Å². The van der Waals surface area contributed by atoms with E-state index >= 15 is 0 Å². The summed E-state index contributed by atoms with van der Waals surface area (Å²) in [5, 5.41) is 4.38. The van der Waals surface area contributed by atoms with Crippen LogP contribution in [-0.2, 0) is 4.74 Å². The van der Waals surface area contributed by atoms with Crippen LogP contribution >= 0.6 is 23.2 Å². The normalized spacial score (nSPS) is 17.4. The van der Waals surface area contributed by atoms with Gasteiger partial charge in [-0.15, -0.1) is 0 Å². The van der Waals surface area contributed by atoms with E-state index in [0.29, 0.717) is 31.3 Å². The van der Waals surface area contributed by atoms with Crippen molar-refractivity contribution >= 4 is 46.3 Å². The summed E-state index contributed by atoms with van der Waals surface area (Å²) in [5.74, 6) is 0. The molecule has 2 aliphatic heterocycles. The molecule has 154 valence electrons. The molecule has 2 amide bonds. The van der Waals surface area contributed by atoms with E-state index in [2.05, 4.69) is 15.1 Å². The van der Waals surface area contributed by atoms with E-state index in [1.165, 1.54) is 0 Å². The first kappa shape index (κ1) is 20.1. The average Bonchev–Trinajstić information content (AvgIpc) is 2.74. The van der Waals surface area contributed by atoms with Gasteiger partial charge in [-0.3, -0.25) is 0 Å². The minimum Gasteiger partial charge on any atom is -0.378 e. The van der Waals surface area contributed by atoms with Gasteiger partial charge in [0.1, 0.15) is 0 Å². The Morgan fingerprint density at radius 2 is 1.59 bits per heavy atom. The van der Waals surface area contributed by atoms with E-state index < -0.39 is 0 Å². The highest BCUT2D eigenvalue weighted by atomic mass is 35.5. The number of amides is 2. The van der Waals surface area contributed by atoms with Crippen LogP contribution in [0.15, 0.2) is 42.5 Å². The van der Waals surface area contributed by atoms with E-state index in [1.54, 1.807) is 0 Å². The molecule has 6 nitrogen and oxygen atoms in total. The van der Waals surface area contributed by atoms with Crippen molar-refractivity contribution < 1.29 is 9.53 Å². The van der Waals surface area contributed by atoms with E-state index in [1.807, 2.05) is 47.4 Å². The molecule has 2 aromatic carbocycles. The number of anilines is 3. The lowest BCUT2D eigenvalue weighted by Crippen LogP contribution is -2.50. The fourth-order valence-electron chi connectivity index (χ4n) is 3.72. The number of halogens is 2. The molecule has 2 saturated heterocycles. The third-order valence-corrected chi connectivity index (χ3v) is 5.76. The van der Waals surface area contributed by atoms with E-state index in [9.17, 15) is 4.79 Å². The van der Waals surface area contributed by atoms with Gasteiger partial charge in [0.15, 0.2) is 0 Å². The summed E-state index contributed by atoms with van der Waals surface area (Å²) in [4.78, 5) is 19.2. The number of hydrogen-bond donors (Lipinski definition) is 1. The molecule has 0 spiro atoms. The van der Waals surface area contributed by atoms with Crippen molar-refractivity contribution in [2.75, 3.05) is 67.6 Å². The second-order valence-electron chi connectivity index (χ2n) is 7.15. The number of carbonyl (C=O) groups is 1. The second kappa shape index (κ2) is 9.11. The van der Waals surface area contributed by atoms with Gasteiger partial charge in [0, 0.05) is 55.0 Å². The molecule has 0 aliphatic carbocycles. The van der Waals surface area contributed by atoms with Crippen LogP contribution in [0.5, 0.6) is 0 Å². The Bertz CT molecular complexity index is 866. The number of morpholine rings is 1. The highest BCUT2D eigenvalue weighted by Crippen LogP contribution is 2.30. The van der Waals surface area contributed by atoms with Crippen LogP contribution in [0, 0.1) is 0 Å². The largest absolute Gasteiger partial charge is 0.378 e. The number of benzene rings is 2. The maximum atomic E-state index is 12.9. The summed E-state index contributed by atoms with van der Waals surface area (Å²) in [6.07, 6.45) is 0. The predicted molar refractivity (Wildman–Crippen MR) is 119 cm³/mol. The molecule has 0 bridgehead atoms. The standard InChI is InChI=1S/C21H24Cl2N4O2/c22-16-2-1-3-18(14-16)25-6-8-27(9-7-25)21(28)24-19-15-17(23)4-5-20(19)26-10-12-29-13-11-26/h1-5,14-15H,6-13H2,(H,24,28). The van der Waals surface area contributed by atoms with Crippen molar-refractivity contribution in [3.05, 3.63) is 52.5 Å². The second-order valence-corrected chi connectivity index (χ2v) is 8.02. The number of urea groups is 1. The van der Waals surface area contributed by atoms with Crippen LogP contribution in [0.3, 0.4) is 0 Å². The Morgan fingerprint density at radius 3 is 2.31 bits per heavy atom. The molecule has 2 fully saturated rings. The van der Waals surface area contributed by atoms with Gasteiger partial charge in [0.2, 0.25) is 0 Å². The SMILES string of the molecule is O=C(Nc1cc(Cl)ccc1N1CCOCC1)N1CCN(c2cccc(Cl)c2)CC1. The third kappa shape index (κ3) is 4.89. The first-order valence-corrected chi connectivity index (χ1v) is 10.5. The van der Waals surface area contributed by atoms with Crippen molar-refractivity contribution in [3.63, 3.8) is 0 Å². The molecule has 4 rings (SSSR count). The number of ether oxygens (including phenoxy) is 1. The minimum absolute atomic E-state index is 0.104. The summed E-state index contributed by atoms with van der Waals surface area (Å²) in [6.45, 7) is 5.77. The molecule has 2 heterocycles. The van der Waals surface area contributed by atoms with Crippen molar-refractivity contribution in [2.24, 2.45) is 0 Å². The van der Waals surface area contributed by atoms with Gasteiger partial charge in [0.25, 0.3) is 0 Å². The zero-order valence-corrected chi connectivity index (χ0v) is 17.6. The zero-order valence-electron chi connectivity index (χ0n) is 16.1. The Kier molecular flexibility index (Phi) is 6.33. The van der Waals surface area contributed by atoms with E-state index in [0.717, 1.165) is 48.3 Å². The molecule has 0 unspecified atom stereocenters. The summed E-state index contributed by atoms with van der Waals surface area (Å²) in [5.41, 5.74) is 2.80. The number of hydrogen-bond acceptors (Lipinski definition) is 4. The summed E-state index contributed by atoms with van der Waals surface area (Å²) >= 11 is 12.3. The monoisotopic (exact) mass is 434 g/mol. The Morgan fingerprint density at radius 1 is 0.862 bits per heavy atom. The lowest BCUT2D eigenvalue weighted by Gasteiger charge is -2.36. The lowest BCUT2D eigenvalue weighted by atomic mass is 10.2. The quantitative estimate of drug-likeness (QED) is 0.786. The van der Waals surface area contributed by atoms with Gasteiger partial charge in [-0.1, -0.05) is 29.3 Å². The topological polar surface area (TPSA) is 48.1 Å². The lowest BCUT2D eigenvalue weighted by molar-refractivity contribution is 0.123. The molecular weight excluding hydrogens is 411 g/mol. The van der Waals surface area contributed by atoms with Gasteiger partial charge >= 0.3 is 6.03 Å². The van der Waals surface area contributed by atoms with Crippen LogP contribution in [0.25, 0.3) is 0 Å². The molecule has 0 radical (unpaired) electrons. The number of carbonyl (C=O) groups excluding carboxylic acids is 1. The van der Waals surface area contributed by atoms with Crippen LogP contribution in [-0.4, -0.2) is 63.4 Å². The van der Waals surface area contributed by atoms with Gasteiger partial charge in [-0.05, 0) is 36.4 Å². The fraction of sp³-hybridized carbons (Fsp3) is 0.381. The molecule has 0 saturated carbocycles.